The summed E-state index contributed by atoms with van der Waals surface area (Å²) in [5.74, 6) is 0.428. The highest BCUT2D eigenvalue weighted by molar-refractivity contribution is 8.49. The van der Waals surface area contributed by atoms with E-state index in [1.54, 1.807) is 55.9 Å². The molecule has 0 saturated heterocycles. The number of ether oxygens (including phenoxy) is 1. The van der Waals surface area contributed by atoms with Crippen LogP contribution in [0, 0.1) is 0 Å². The summed E-state index contributed by atoms with van der Waals surface area (Å²) in [5, 5.41) is 12.1. The minimum atomic E-state index is -2.64. The summed E-state index contributed by atoms with van der Waals surface area (Å²) in [4.78, 5) is 16.9. The van der Waals surface area contributed by atoms with Crippen molar-refractivity contribution in [3.63, 3.8) is 0 Å². The number of carbonyl (C=O) groups excluding carboxylic acids is 1. The Labute approximate surface area is 187 Å². The Bertz CT molecular complexity index is 1140. The predicted octanol–water partition coefficient (Wildman–Crippen LogP) is 4.05. The summed E-state index contributed by atoms with van der Waals surface area (Å²) >= 11 is 0. The van der Waals surface area contributed by atoms with Gasteiger partial charge in [0.2, 0.25) is 5.17 Å². The Morgan fingerprint density at radius 2 is 1.66 bits per heavy atom. The molecule has 164 valence electrons. The highest BCUT2D eigenvalue weighted by atomic mass is 32.3. The molecule has 0 saturated carbocycles. The van der Waals surface area contributed by atoms with Crippen LogP contribution in [-0.4, -0.2) is 35.3 Å². The highest BCUT2D eigenvalue weighted by Gasteiger charge is 2.40. The van der Waals surface area contributed by atoms with Gasteiger partial charge in [-0.3, -0.25) is 23.5 Å². The van der Waals surface area contributed by atoms with Gasteiger partial charge in [-0.15, -0.1) is 10.2 Å². The predicted molar refractivity (Wildman–Crippen MR) is 125 cm³/mol. The van der Waals surface area contributed by atoms with Gasteiger partial charge in [-0.05, 0) is 42.0 Å². The van der Waals surface area contributed by atoms with Crippen LogP contribution in [0.4, 0.5) is 0 Å². The normalized spacial score (nSPS) is 19.4. The first-order chi connectivity index (χ1) is 15.7. The lowest BCUT2D eigenvalue weighted by Crippen LogP contribution is -2.36. The number of aromatic nitrogens is 1. The average Bonchev–Trinajstić information content (AvgIpc) is 3.22. The molecule has 1 unspecified atom stereocenters. The van der Waals surface area contributed by atoms with E-state index in [1.807, 2.05) is 30.3 Å². The lowest BCUT2D eigenvalue weighted by atomic mass is 10.2. The molecule has 9 heteroatoms. The number of nitrogens with zero attached hydrogens (tertiary/aromatic N) is 3. The Kier molecular flexibility index (Phi) is 6.60. The van der Waals surface area contributed by atoms with Crippen LogP contribution in [0.15, 0.2) is 89.3 Å². The summed E-state index contributed by atoms with van der Waals surface area (Å²) in [6.45, 7) is 0.220. The van der Waals surface area contributed by atoms with Crippen LogP contribution in [-0.2, 0) is 15.0 Å². The minimum Gasteiger partial charge on any atom is -0.497 e. The van der Waals surface area contributed by atoms with Crippen molar-refractivity contribution in [2.24, 2.45) is 10.2 Å². The molecule has 1 atom stereocenters. The Morgan fingerprint density at radius 3 is 2.31 bits per heavy atom. The Morgan fingerprint density at radius 1 is 0.938 bits per heavy atom. The van der Waals surface area contributed by atoms with Crippen molar-refractivity contribution in [2.75, 3.05) is 14.2 Å². The van der Waals surface area contributed by atoms with Gasteiger partial charge in [0.15, 0.2) is 5.04 Å². The van der Waals surface area contributed by atoms with E-state index in [4.69, 9.17) is 13.1 Å². The summed E-state index contributed by atoms with van der Waals surface area (Å²) < 4.78 is 17.5. The standard InChI is InChI=1S/C23H22N4O4S/c1-29-20-10-8-17(9-11-20)16-31-32(30-2)22(19-12-14-24-15-13-19)26-27-23(32)25-21(28)18-6-4-3-5-7-18/h3-15H,16H2,1-2H3,(H,25,27,28). The third-order valence-electron chi connectivity index (χ3n) is 4.71. The Hall–Kier alpha value is -3.53. The van der Waals surface area contributed by atoms with Crippen molar-refractivity contribution < 1.29 is 17.9 Å². The quantitative estimate of drug-likeness (QED) is 0.586. The monoisotopic (exact) mass is 450 g/mol. The molecule has 4 rings (SSSR count). The van der Waals surface area contributed by atoms with Crippen molar-refractivity contribution in [3.8, 4) is 5.75 Å². The van der Waals surface area contributed by atoms with Crippen LogP contribution in [0.2, 0.25) is 0 Å². The third-order valence-corrected chi connectivity index (χ3v) is 7.15. The number of hydrogen-bond acceptors (Lipinski definition) is 7. The van der Waals surface area contributed by atoms with E-state index in [0.29, 0.717) is 10.6 Å². The molecule has 0 aliphatic carbocycles. The van der Waals surface area contributed by atoms with Crippen molar-refractivity contribution in [1.29, 1.82) is 0 Å². The van der Waals surface area contributed by atoms with Crippen LogP contribution in [0.1, 0.15) is 21.5 Å². The molecule has 0 radical (unpaired) electrons. The number of hydrogen-bond donors (Lipinski definition) is 1. The molecule has 1 amide bonds. The second-order valence-electron chi connectivity index (χ2n) is 6.65. The lowest BCUT2D eigenvalue weighted by Gasteiger charge is -2.38. The molecule has 2 aromatic carbocycles. The van der Waals surface area contributed by atoms with E-state index in [2.05, 4.69) is 20.5 Å². The lowest BCUT2D eigenvalue weighted by molar-refractivity contribution is 0.0977. The highest BCUT2D eigenvalue weighted by Crippen LogP contribution is 2.57. The zero-order valence-corrected chi connectivity index (χ0v) is 18.4. The number of benzene rings is 2. The first kappa shape index (κ1) is 21.7. The van der Waals surface area contributed by atoms with Crippen molar-refractivity contribution in [3.05, 3.63) is 95.8 Å². The molecule has 1 aromatic heterocycles. The van der Waals surface area contributed by atoms with Gasteiger partial charge in [0.1, 0.15) is 5.75 Å². The molecule has 32 heavy (non-hydrogen) atoms. The summed E-state index contributed by atoms with van der Waals surface area (Å²) in [7, 11) is 0.497. The molecule has 0 fully saturated rings. The van der Waals surface area contributed by atoms with Gasteiger partial charge in [0.25, 0.3) is 5.91 Å². The first-order valence-electron chi connectivity index (χ1n) is 9.75. The van der Waals surface area contributed by atoms with Crippen molar-refractivity contribution in [1.82, 2.24) is 10.3 Å². The second-order valence-corrected chi connectivity index (χ2v) is 9.00. The fourth-order valence-corrected chi connectivity index (χ4v) is 5.13. The van der Waals surface area contributed by atoms with E-state index in [-0.39, 0.29) is 17.7 Å². The number of nitrogens with one attached hydrogen (secondary N) is 1. The van der Waals surface area contributed by atoms with E-state index in [0.717, 1.165) is 16.9 Å². The van der Waals surface area contributed by atoms with Gasteiger partial charge < -0.3 is 4.74 Å². The van der Waals surface area contributed by atoms with Gasteiger partial charge in [-0.25, -0.2) is 0 Å². The van der Waals surface area contributed by atoms with E-state index < -0.39 is 10.6 Å². The smallest absolute Gasteiger partial charge is 0.257 e. The number of rotatable bonds is 7. The molecule has 2 heterocycles. The maximum Gasteiger partial charge on any atom is 0.257 e. The van der Waals surface area contributed by atoms with Gasteiger partial charge in [0.05, 0.1) is 20.8 Å². The van der Waals surface area contributed by atoms with Crippen LogP contribution < -0.4 is 10.1 Å². The van der Waals surface area contributed by atoms with Crippen LogP contribution >= 0.6 is 10.6 Å². The largest absolute Gasteiger partial charge is 0.497 e. The Balaban J connectivity index is 1.63. The number of amides is 1. The number of pyridine rings is 1. The molecule has 8 nitrogen and oxygen atoms in total. The summed E-state index contributed by atoms with van der Waals surface area (Å²) in [5.41, 5.74) is 2.15. The zero-order valence-electron chi connectivity index (χ0n) is 17.6. The molecule has 0 spiro atoms. The SMILES string of the molecule is COc1ccc(COS2(OC)C(NC(=O)c3ccccc3)=NN=C2c2ccncc2)cc1. The van der Waals surface area contributed by atoms with E-state index in [9.17, 15) is 4.79 Å². The molecule has 0 bridgehead atoms. The second kappa shape index (κ2) is 9.73. The van der Waals surface area contributed by atoms with Gasteiger partial charge in [0, 0.05) is 23.5 Å². The number of methoxy groups -OCH3 is 1. The third kappa shape index (κ3) is 4.40. The van der Waals surface area contributed by atoms with Gasteiger partial charge in [-0.2, -0.15) is 0 Å². The molecule has 3 aromatic rings. The maximum absolute atomic E-state index is 12.8. The van der Waals surface area contributed by atoms with E-state index in [1.165, 1.54) is 7.11 Å². The fraction of sp³-hybridized carbons (Fsp3) is 0.130. The fourth-order valence-electron chi connectivity index (χ4n) is 3.04. The summed E-state index contributed by atoms with van der Waals surface area (Å²) in [6, 6.07) is 20.0. The van der Waals surface area contributed by atoms with Gasteiger partial charge in [-0.1, -0.05) is 40.9 Å². The van der Waals surface area contributed by atoms with Crippen LogP contribution in [0.3, 0.4) is 0 Å². The van der Waals surface area contributed by atoms with E-state index >= 15 is 0 Å². The topological polar surface area (TPSA) is 94.4 Å². The number of carbonyl (C=O) groups is 1. The first-order valence-corrected chi connectivity index (χ1v) is 11.2. The van der Waals surface area contributed by atoms with Crippen LogP contribution in [0.5, 0.6) is 5.75 Å². The molecule has 1 aliphatic rings. The van der Waals surface area contributed by atoms with Crippen LogP contribution in [0.25, 0.3) is 0 Å². The molecular formula is C23H22N4O4S. The molecular weight excluding hydrogens is 428 g/mol. The minimum absolute atomic E-state index is 0.220. The van der Waals surface area contributed by atoms with Crippen molar-refractivity contribution in [2.45, 2.75) is 6.61 Å². The molecule has 1 aliphatic heterocycles. The summed E-state index contributed by atoms with van der Waals surface area (Å²) in [6.07, 6.45) is 3.31. The maximum atomic E-state index is 12.8. The zero-order chi connectivity index (χ0) is 22.4. The van der Waals surface area contributed by atoms with Crippen molar-refractivity contribution >= 4 is 26.7 Å². The molecule has 1 N–H and O–H groups in total. The van der Waals surface area contributed by atoms with Gasteiger partial charge >= 0.3 is 0 Å². The average molecular weight is 451 g/mol. The number of amidine groups is 1.